The standard InChI is InChI=1S/C31H36N8O3/c1-21-5-4-8-38(14-21)15-22-9-23(17-40)26-16-39(30(41)25(26)10-22)28-12-24(11-27(35-28)33-7-6-32-2)31(18-42-19-31)13-29-36-34-20-37(29)3/h9-12,17,20-21H,4-8,13-16,18-19H2,1,3H3,(H,33,35)/t21-/m0/s1. The lowest BCUT2D eigenvalue weighted by atomic mass is 9.75. The van der Waals surface area contributed by atoms with Crippen LogP contribution in [0, 0.1) is 12.5 Å². The van der Waals surface area contributed by atoms with E-state index >= 15 is 0 Å². The van der Waals surface area contributed by atoms with Crippen LogP contribution in [0.25, 0.3) is 4.85 Å². The van der Waals surface area contributed by atoms with Gasteiger partial charge in [-0.25, -0.2) is 11.6 Å². The number of pyridine rings is 1. The van der Waals surface area contributed by atoms with E-state index in [-0.39, 0.29) is 17.9 Å². The van der Waals surface area contributed by atoms with Crippen LogP contribution >= 0.6 is 0 Å². The van der Waals surface area contributed by atoms with E-state index in [2.05, 4.69) is 32.2 Å². The van der Waals surface area contributed by atoms with Crippen LogP contribution in [0.5, 0.6) is 0 Å². The third-order valence-electron chi connectivity index (χ3n) is 8.70. The first kappa shape index (κ1) is 28.0. The number of nitrogens with zero attached hydrogens (tertiary/aromatic N) is 7. The van der Waals surface area contributed by atoms with Gasteiger partial charge in [-0.15, -0.1) is 10.2 Å². The zero-order valence-electron chi connectivity index (χ0n) is 24.2. The van der Waals surface area contributed by atoms with Gasteiger partial charge in [-0.05, 0) is 66.3 Å². The number of aldehydes is 1. The van der Waals surface area contributed by atoms with Crippen molar-refractivity contribution in [3.05, 3.63) is 75.7 Å². The monoisotopic (exact) mass is 568 g/mol. The highest BCUT2D eigenvalue weighted by atomic mass is 16.5. The quantitative estimate of drug-likeness (QED) is 0.226. The molecule has 42 heavy (non-hydrogen) atoms. The molecule has 0 bridgehead atoms. The van der Waals surface area contributed by atoms with E-state index in [0.29, 0.717) is 61.4 Å². The molecular formula is C31H36N8O3. The number of carbonyl (C=O) groups is 2. The molecule has 3 aliphatic heterocycles. The van der Waals surface area contributed by atoms with E-state index in [1.54, 1.807) is 11.2 Å². The number of hydrogen-bond donors (Lipinski definition) is 1. The van der Waals surface area contributed by atoms with Gasteiger partial charge in [-0.2, -0.15) is 0 Å². The summed E-state index contributed by atoms with van der Waals surface area (Å²) in [6, 6.07) is 7.83. The van der Waals surface area contributed by atoms with Gasteiger partial charge in [0.25, 0.3) is 5.91 Å². The van der Waals surface area contributed by atoms with Crippen molar-refractivity contribution in [1.82, 2.24) is 24.6 Å². The number of carbonyl (C=O) groups excluding carboxylic acids is 2. The van der Waals surface area contributed by atoms with Crippen molar-refractivity contribution >= 4 is 23.8 Å². The zero-order chi connectivity index (χ0) is 29.3. The second-order valence-electron chi connectivity index (χ2n) is 11.9. The number of aryl methyl sites for hydroxylation is 1. The third kappa shape index (κ3) is 5.40. The van der Waals surface area contributed by atoms with Crippen LogP contribution in [-0.2, 0) is 36.7 Å². The van der Waals surface area contributed by atoms with Crippen molar-refractivity contribution in [2.75, 3.05) is 49.6 Å². The summed E-state index contributed by atoms with van der Waals surface area (Å²) in [5, 5.41) is 11.6. The van der Waals surface area contributed by atoms with Crippen LogP contribution in [0.3, 0.4) is 0 Å². The molecule has 2 fully saturated rings. The van der Waals surface area contributed by atoms with E-state index in [0.717, 1.165) is 54.9 Å². The Balaban J connectivity index is 1.33. The molecule has 1 N–H and O–H groups in total. The summed E-state index contributed by atoms with van der Waals surface area (Å²) in [6.45, 7) is 14.2. The fraction of sp³-hybridized carbons (Fsp3) is 0.484. The maximum absolute atomic E-state index is 13.9. The summed E-state index contributed by atoms with van der Waals surface area (Å²) in [6.07, 6.45) is 5.57. The van der Waals surface area contributed by atoms with Gasteiger partial charge in [0.1, 0.15) is 30.1 Å². The van der Waals surface area contributed by atoms with Gasteiger partial charge in [-0.3, -0.25) is 19.4 Å². The molecule has 0 unspecified atom stereocenters. The van der Waals surface area contributed by atoms with Crippen LogP contribution in [0.2, 0.25) is 0 Å². The molecule has 2 aromatic heterocycles. The van der Waals surface area contributed by atoms with Gasteiger partial charge in [-0.1, -0.05) is 6.92 Å². The number of piperidine rings is 1. The topological polar surface area (TPSA) is 110 Å². The molecule has 11 heteroatoms. The minimum absolute atomic E-state index is 0.161. The molecule has 1 aromatic carbocycles. The fourth-order valence-electron chi connectivity index (χ4n) is 6.35. The largest absolute Gasteiger partial charge is 0.379 e. The van der Waals surface area contributed by atoms with Crippen LogP contribution in [0.1, 0.15) is 63.0 Å². The number of anilines is 2. The van der Waals surface area contributed by atoms with E-state index in [1.807, 2.05) is 35.9 Å². The Bertz CT molecular complexity index is 1540. The van der Waals surface area contributed by atoms with Crippen LogP contribution in [-0.4, -0.2) is 76.2 Å². The summed E-state index contributed by atoms with van der Waals surface area (Å²) in [5.74, 6) is 2.42. The van der Waals surface area contributed by atoms with Gasteiger partial charge in [0.2, 0.25) is 6.54 Å². The maximum Gasteiger partial charge on any atom is 0.260 e. The predicted molar refractivity (Wildman–Crippen MR) is 157 cm³/mol. The van der Waals surface area contributed by atoms with Gasteiger partial charge >= 0.3 is 0 Å². The number of nitrogens with one attached hydrogen (secondary N) is 1. The summed E-state index contributed by atoms with van der Waals surface area (Å²) >= 11 is 0. The van der Waals surface area contributed by atoms with Crippen molar-refractivity contribution in [1.29, 1.82) is 0 Å². The number of aromatic nitrogens is 4. The first-order valence-electron chi connectivity index (χ1n) is 14.5. The Morgan fingerprint density at radius 3 is 2.81 bits per heavy atom. The summed E-state index contributed by atoms with van der Waals surface area (Å²) in [4.78, 5) is 38.4. The zero-order valence-corrected chi connectivity index (χ0v) is 24.2. The average Bonchev–Trinajstić information content (AvgIpc) is 3.52. The molecule has 11 nitrogen and oxygen atoms in total. The Kier molecular flexibility index (Phi) is 7.75. The number of hydrogen-bond acceptors (Lipinski definition) is 8. The third-order valence-corrected chi connectivity index (χ3v) is 8.70. The number of benzene rings is 1. The second kappa shape index (κ2) is 11.6. The first-order valence-corrected chi connectivity index (χ1v) is 14.5. The lowest BCUT2D eigenvalue weighted by molar-refractivity contribution is -0.0611. The van der Waals surface area contributed by atoms with Crippen molar-refractivity contribution in [3.63, 3.8) is 0 Å². The highest BCUT2D eigenvalue weighted by Gasteiger charge is 2.43. The Hall–Kier alpha value is -4.14. The second-order valence-corrected chi connectivity index (χ2v) is 11.9. The summed E-state index contributed by atoms with van der Waals surface area (Å²) in [5.41, 5.74) is 3.47. The number of rotatable bonds is 10. The van der Waals surface area contributed by atoms with Gasteiger partial charge in [0.05, 0.1) is 26.3 Å². The Morgan fingerprint density at radius 1 is 1.26 bits per heavy atom. The minimum atomic E-state index is -0.350. The molecule has 3 aliphatic rings. The fourth-order valence-corrected chi connectivity index (χ4v) is 6.35. The van der Waals surface area contributed by atoms with Gasteiger partial charge in [0, 0.05) is 43.1 Å². The van der Waals surface area contributed by atoms with Gasteiger partial charge in [0.15, 0.2) is 0 Å². The molecule has 5 heterocycles. The van der Waals surface area contributed by atoms with Crippen LogP contribution in [0.4, 0.5) is 11.6 Å². The Labute approximate surface area is 245 Å². The molecule has 2 saturated heterocycles. The van der Waals surface area contributed by atoms with Crippen molar-refractivity contribution < 1.29 is 14.3 Å². The number of likely N-dealkylation sites (tertiary alicyclic amines) is 1. The molecule has 0 aliphatic carbocycles. The van der Waals surface area contributed by atoms with E-state index in [4.69, 9.17) is 16.3 Å². The lowest BCUT2D eigenvalue weighted by Crippen LogP contribution is -2.49. The highest BCUT2D eigenvalue weighted by Crippen LogP contribution is 2.39. The molecule has 3 aromatic rings. The lowest BCUT2D eigenvalue weighted by Gasteiger charge is -2.42. The predicted octanol–water partition coefficient (Wildman–Crippen LogP) is 3.26. The number of ether oxygens (including phenoxy) is 1. The van der Waals surface area contributed by atoms with Crippen LogP contribution in [0.15, 0.2) is 30.6 Å². The summed E-state index contributed by atoms with van der Waals surface area (Å²) in [7, 11) is 1.92. The van der Waals surface area contributed by atoms with E-state index in [9.17, 15) is 9.59 Å². The molecule has 1 atom stereocenters. The van der Waals surface area contributed by atoms with E-state index in [1.165, 1.54) is 6.42 Å². The van der Waals surface area contributed by atoms with Crippen LogP contribution < -0.4 is 10.2 Å². The average molecular weight is 569 g/mol. The Morgan fingerprint density at radius 2 is 2.12 bits per heavy atom. The molecule has 0 spiro atoms. The maximum atomic E-state index is 13.9. The van der Waals surface area contributed by atoms with E-state index < -0.39 is 0 Å². The number of fused-ring (bicyclic) bond motifs is 1. The van der Waals surface area contributed by atoms with Crippen molar-refractivity contribution in [2.45, 2.75) is 44.7 Å². The SMILES string of the molecule is [C-]#[N+]CCNc1cc(C2(Cc3nncn3C)COC2)cc(N2Cc3c(C=O)cc(CN4CCC[C@H](C)C4)cc3C2=O)n1. The van der Waals surface area contributed by atoms with Gasteiger partial charge < -0.3 is 19.5 Å². The summed E-state index contributed by atoms with van der Waals surface area (Å²) < 4.78 is 7.61. The highest BCUT2D eigenvalue weighted by molar-refractivity contribution is 6.11. The number of amides is 1. The molecule has 6 rings (SSSR count). The molecule has 1 amide bonds. The van der Waals surface area contributed by atoms with Crippen molar-refractivity contribution in [3.8, 4) is 0 Å². The normalized spacial score (nSPS) is 19.7. The minimum Gasteiger partial charge on any atom is -0.379 e. The molecule has 218 valence electrons. The smallest absolute Gasteiger partial charge is 0.260 e. The first-order chi connectivity index (χ1) is 20.4. The van der Waals surface area contributed by atoms with Crippen molar-refractivity contribution in [2.24, 2.45) is 13.0 Å². The molecule has 0 radical (unpaired) electrons. The molecular weight excluding hydrogens is 532 g/mol. The molecule has 0 saturated carbocycles.